The van der Waals surface area contributed by atoms with Gasteiger partial charge in [0.15, 0.2) is 0 Å². The predicted molar refractivity (Wildman–Crippen MR) is 75.3 cm³/mol. The van der Waals surface area contributed by atoms with E-state index in [9.17, 15) is 8.42 Å². The van der Waals surface area contributed by atoms with Crippen molar-refractivity contribution in [3.8, 4) is 0 Å². The summed E-state index contributed by atoms with van der Waals surface area (Å²) in [5.74, 6) is 0. The van der Waals surface area contributed by atoms with Crippen molar-refractivity contribution in [2.45, 2.75) is 37.2 Å². The van der Waals surface area contributed by atoms with Crippen LogP contribution in [0.25, 0.3) is 0 Å². The summed E-state index contributed by atoms with van der Waals surface area (Å²) in [4.78, 5) is 3.35. The van der Waals surface area contributed by atoms with Crippen molar-refractivity contribution in [1.29, 1.82) is 0 Å². The lowest BCUT2D eigenvalue weighted by Crippen LogP contribution is -2.33. The lowest BCUT2D eigenvalue weighted by Gasteiger charge is -2.19. The number of nitrogens with zero attached hydrogens (tertiary/aromatic N) is 1. The zero-order valence-electron chi connectivity index (χ0n) is 11.2. The van der Waals surface area contributed by atoms with Crippen LogP contribution in [-0.2, 0) is 16.6 Å². The first kappa shape index (κ1) is 14.3. The molecule has 5 nitrogen and oxygen atoms in total. The Hall–Kier alpha value is -1.11. The zero-order valence-corrected chi connectivity index (χ0v) is 12.0. The molecule has 0 saturated heterocycles. The Kier molecular flexibility index (Phi) is 4.44. The van der Waals surface area contributed by atoms with Crippen LogP contribution in [0.2, 0.25) is 0 Å². The Balaban J connectivity index is 2.17. The van der Waals surface area contributed by atoms with E-state index in [1.165, 1.54) is 0 Å². The van der Waals surface area contributed by atoms with Gasteiger partial charge in [0, 0.05) is 31.0 Å². The summed E-state index contributed by atoms with van der Waals surface area (Å²) in [6, 6.07) is 1.85. The van der Waals surface area contributed by atoms with E-state index in [1.807, 2.05) is 6.92 Å². The number of rotatable bonds is 8. The number of aromatic amines is 1. The lowest BCUT2D eigenvalue weighted by atomic mass is 10.4. The zero-order chi connectivity index (χ0) is 13.9. The van der Waals surface area contributed by atoms with Gasteiger partial charge < -0.3 is 10.3 Å². The summed E-state index contributed by atoms with van der Waals surface area (Å²) in [5.41, 5.74) is 0.884. The van der Waals surface area contributed by atoms with Crippen LogP contribution >= 0.6 is 0 Å². The summed E-state index contributed by atoms with van der Waals surface area (Å²) in [6.45, 7) is 7.53. The highest BCUT2D eigenvalue weighted by Crippen LogP contribution is 2.32. The first-order chi connectivity index (χ1) is 9.09. The number of sulfonamides is 1. The molecule has 0 bridgehead atoms. The SMILES string of the molecule is C=CCN(C1CC1)S(=O)(=O)c1c[nH]c(CNCC)c1. The molecule has 1 aromatic rings. The van der Waals surface area contributed by atoms with Crippen molar-refractivity contribution >= 4 is 10.0 Å². The van der Waals surface area contributed by atoms with Crippen LogP contribution in [0, 0.1) is 0 Å². The molecule has 1 aromatic heterocycles. The Bertz CT molecular complexity index is 532. The van der Waals surface area contributed by atoms with Crippen LogP contribution in [0.3, 0.4) is 0 Å². The first-order valence-electron chi connectivity index (χ1n) is 6.60. The van der Waals surface area contributed by atoms with Crippen molar-refractivity contribution in [2.24, 2.45) is 0 Å². The van der Waals surface area contributed by atoms with Gasteiger partial charge >= 0.3 is 0 Å². The van der Waals surface area contributed by atoms with Crippen LogP contribution < -0.4 is 5.32 Å². The van der Waals surface area contributed by atoms with E-state index in [1.54, 1.807) is 22.6 Å². The first-order valence-corrected chi connectivity index (χ1v) is 8.04. The van der Waals surface area contributed by atoms with E-state index in [-0.39, 0.29) is 6.04 Å². The fraction of sp³-hybridized carbons (Fsp3) is 0.538. The molecular formula is C13H21N3O2S. The molecule has 0 atom stereocenters. The van der Waals surface area contributed by atoms with Gasteiger partial charge in [-0.1, -0.05) is 13.0 Å². The third kappa shape index (κ3) is 3.26. The maximum atomic E-state index is 12.5. The van der Waals surface area contributed by atoms with Crippen molar-refractivity contribution in [2.75, 3.05) is 13.1 Å². The van der Waals surface area contributed by atoms with Crippen molar-refractivity contribution in [3.63, 3.8) is 0 Å². The molecular weight excluding hydrogens is 262 g/mol. The third-order valence-corrected chi connectivity index (χ3v) is 5.05. The Morgan fingerprint density at radius 3 is 2.89 bits per heavy atom. The van der Waals surface area contributed by atoms with Crippen molar-refractivity contribution in [3.05, 3.63) is 30.6 Å². The number of H-pyrrole nitrogens is 1. The second-order valence-electron chi connectivity index (χ2n) is 4.74. The van der Waals surface area contributed by atoms with Gasteiger partial charge in [-0.3, -0.25) is 0 Å². The molecule has 2 N–H and O–H groups in total. The molecule has 2 rings (SSSR count). The number of hydrogen-bond acceptors (Lipinski definition) is 3. The van der Waals surface area contributed by atoms with Gasteiger partial charge in [0.1, 0.15) is 0 Å². The quantitative estimate of drug-likeness (QED) is 0.710. The number of nitrogens with one attached hydrogen (secondary N) is 2. The molecule has 0 spiro atoms. The standard InChI is InChI=1S/C13H21N3O2S/c1-3-7-16(12-5-6-12)19(17,18)13-8-11(15-10-13)9-14-4-2/h3,8,10,12,14-15H,1,4-7,9H2,2H3. The average Bonchev–Trinajstić information content (AvgIpc) is 3.10. The highest BCUT2D eigenvalue weighted by molar-refractivity contribution is 7.89. The lowest BCUT2D eigenvalue weighted by molar-refractivity contribution is 0.436. The van der Waals surface area contributed by atoms with Crippen LogP contribution in [-0.4, -0.2) is 36.8 Å². The highest BCUT2D eigenvalue weighted by Gasteiger charge is 2.37. The van der Waals surface area contributed by atoms with Gasteiger partial charge in [-0.25, -0.2) is 8.42 Å². The summed E-state index contributed by atoms with van der Waals surface area (Å²) >= 11 is 0. The van der Waals surface area contributed by atoms with E-state index >= 15 is 0 Å². The van der Waals surface area contributed by atoms with Gasteiger partial charge in [0.2, 0.25) is 10.0 Å². The van der Waals surface area contributed by atoms with Crippen molar-refractivity contribution in [1.82, 2.24) is 14.6 Å². The fourth-order valence-electron chi connectivity index (χ4n) is 2.00. The van der Waals surface area contributed by atoms with E-state index in [0.717, 1.165) is 25.1 Å². The molecule has 0 amide bonds. The molecule has 1 fully saturated rings. The van der Waals surface area contributed by atoms with Crippen LogP contribution in [0.15, 0.2) is 29.8 Å². The molecule has 1 heterocycles. The van der Waals surface area contributed by atoms with E-state index in [0.29, 0.717) is 18.0 Å². The van der Waals surface area contributed by atoms with Gasteiger partial charge in [-0.05, 0) is 25.5 Å². The minimum absolute atomic E-state index is 0.148. The summed E-state index contributed by atoms with van der Waals surface area (Å²) in [6.07, 6.45) is 5.10. The number of hydrogen-bond donors (Lipinski definition) is 2. The Labute approximate surface area is 114 Å². The smallest absolute Gasteiger partial charge is 0.245 e. The van der Waals surface area contributed by atoms with Gasteiger partial charge in [-0.2, -0.15) is 4.31 Å². The molecule has 0 aromatic carbocycles. The number of aromatic nitrogens is 1. The molecule has 0 aliphatic heterocycles. The fourth-order valence-corrected chi connectivity index (χ4v) is 3.67. The molecule has 0 unspecified atom stereocenters. The maximum Gasteiger partial charge on any atom is 0.245 e. The Morgan fingerprint density at radius 2 is 2.32 bits per heavy atom. The Morgan fingerprint density at radius 1 is 1.58 bits per heavy atom. The summed E-state index contributed by atoms with van der Waals surface area (Å²) in [5, 5.41) is 3.16. The largest absolute Gasteiger partial charge is 0.363 e. The topological polar surface area (TPSA) is 65.2 Å². The van der Waals surface area contributed by atoms with Crippen molar-refractivity contribution < 1.29 is 8.42 Å². The monoisotopic (exact) mass is 283 g/mol. The van der Waals surface area contributed by atoms with E-state index < -0.39 is 10.0 Å². The highest BCUT2D eigenvalue weighted by atomic mass is 32.2. The molecule has 6 heteroatoms. The molecule has 1 aliphatic rings. The second-order valence-corrected chi connectivity index (χ2v) is 6.63. The van der Waals surface area contributed by atoms with Gasteiger partial charge in [-0.15, -0.1) is 6.58 Å². The molecule has 1 saturated carbocycles. The summed E-state index contributed by atoms with van der Waals surface area (Å²) < 4.78 is 26.6. The van der Waals surface area contributed by atoms with Crippen LogP contribution in [0.1, 0.15) is 25.5 Å². The molecule has 0 radical (unpaired) electrons. The minimum atomic E-state index is -3.40. The average molecular weight is 283 g/mol. The molecule has 19 heavy (non-hydrogen) atoms. The van der Waals surface area contributed by atoms with Gasteiger partial charge in [0.25, 0.3) is 0 Å². The second kappa shape index (κ2) is 5.90. The van der Waals surface area contributed by atoms with E-state index in [4.69, 9.17) is 0 Å². The predicted octanol–water partition coefficient (Wildman–Crippen LogP) is 1.46. The molecule has 1 aliphatic carbocycles. The van der Waals surface area contributed by atoms with E-state index in [2.05, 4.69) is 16.9 Å². The minimum Gasteiger partial charge on any atom is -0.363 e. The van der Waals surface area contributed by atoms with Gasteiger partial charge in [0.05, 0.1) is 4.90 Å². The normalized spacial score (nSPS) is 15.9. The van der Waals surface area contributed by atoms with Crippen LogP contribution in [0.5, 0.6) is 0 Å². The maximum absolute atomic E-state index is 12.5. The molecule has 106 valence electrons. The summed E-state index contributed by atoms with van der Waals surface area (Å²) in [7, 11) is -3.40. The third-order valence-electron chi connectivity index (χ3n) is 3.15. The van der Waals surface area contributed by atoms with Crippen LogP contribution in [0.4, 0.5) is 0 Å².